The molecule has 132 heavy (non-hydrogen) atoms. The number of rotatable bonds is 0. The third-order valence-corrected chi connectivity index (χ3v) is 29.2. The Bertz CT molecular complexity index is 8640. The Morgan fingerprint density at radius 3 is 1.05 bits per heavy atom. The van der Waals surface area contributed by atoms with E-state index in [1.807, 2.05) is 12.1 Å². The molecule has 0 saturated carbocycles. The van der Waals surface area contributed by atoms with Crippen molar-refractivity contribution < 1.29 is 13.3 Å². The lowest BCUT2D eigenvalue weighted by atomic mass is 9.70. The van der Waals surface area contributed by atoms with E-state index in [2.05, 4.69) is 466 Å². The zero-order chi connectivity index (χ0) is 88.2. The van der Waals surface area contributed by atoms with Crippen LogP contribution in [0.25, 0.3) is 165 Å². The molecule has 0 saturated heterocycles. The highest BCUT2D eigenvalue weighted by Crippen LogP contribution is 2.67. The van der Waals surface area contributed by atoms with Gasteiger partial charge in [0.25, 0.3) is 0 Å². The third-order valence-electron chi connectivity index (χ3n) is 29.2. The highest BCUT2D eigenvalue weighted by molar-refractivity contribution is 6.21. The van der Waals surface area contributed by atoms with Gasteiger partial charge in [0.2, 0.25) is 0 Å². The van der Waals surface area contributed by atoms with Crippen molar-refractivity contribution in [3.05, 3.63) is 537 Å². The predicted octanol–water partition coefficient (Wildman–Crippen LogP) is 34.2. The summed E-state index contributed by atoms with van der Waals surface area (Å²) >= 11 is 0. The van der Waals surface area contributed by atoms with Crippen molar-refractivity contribution in [2.24, 2.45) is 0 Å². The van der Waals surface area contributed by atoms with Crippen molar-refractivity contribution >= 4 is 98.1 Å². The van der Waals surface area contributed by atoms with Crippen LogP contribution in [0.5, 0.6) is 0 Å². The fourth-order valence-electron chi connectivity index (χ4n) is 23.8. The molecule has 624 valence electrons. The molecule has 0 atom stereocenters. The van der Waals surface area contributed by atoms with Gasteiger partial charge in [-0.2, -0.15) is 0 Å². The molecule has 30 rings (SSSR count). The van der Waals surface area contributed by atoms with E-state index >= 15 is 0 Å². The highest BCUT2D eigenvalue weighted by Gasteiger charge is 2.55. The van der Waals surface area contributed by atoms with Crippen LogP contribution in [0.4, 0.5) is 0 Å². The number of para-hydroxylation sites is 1. The summed E-state index contributed by atoms with van der Waals surface area (Å²) in [6, 6.07) is 158. The summed E-state index contributed by atoms with van der Waals surface area (Å²) in [4.78, 5) is 0. The summed E-state index contributed by atoms with van der Waals surface area (Å²) in [5.41, 5.74) is 46.5. The van der Waals surface area contributed by atoms with Crippen LogP contribution in [0.2, 0.25) is 0 Å². The van der Waals surface area contributed by atoms with Crippen LogP contribution >= 0.6 is 0 Å². The van der Waals surface area contributed by atoms with Crippen LogP contribution in [0.15, 0.2) is 450 Å². The molecule has 3 heteroatoms. The molecule has 3 nitrogen and oxygen atoms in total. The van der Waals surface area contributed by atoms with Gasteiger partial charge < -0.3 is 13.3 Å². The molecule has 24 aromatic rings. The second-order valence-electron chi connectivity index (χ2n) is 36.5. The molecule has 6 aliphatic carbocycles. The Balaban J connectivity index is 0.0000000858. The SMILES string of the molecule is Cc1cc2oc3ccccc3c2c2ccccc12.Cc1ccc2c(c1)-c1ccccc1C21c2ccccc2-c2ccccc21.Cc1ccc2c(c1)C1(c3ccccc3-c3ccccc31)c1ccccc1-2.Cc1ccc2c(c1)oc1c3ccccc3ccc21.Cc1ccc2c(c1)oc1ccc3ccccc3c12.Cc1cccc2c1-c1ccccc1C21c2ccccc2-c2ccccc21. The maximum Gasteiger partial charge on any atom is 0.143 e. The Morgan fingerprint density at radius 1 is 0.159 bits per heavy atom. The fraction of sp³-hybridized carbons (Fsp3) is 0.0698. The normalized spacial score (nSPS) is 13.4. The van der Waals surface area contributed by atoms with Gasteiger partial charge in [-0.1, -0.05) is 412 Å². The molecule has 3 heterocycles. The lowest BCUT2D eigenvalue weighted by Gasteiger charge is -2.30. The van der Waals surface area contributed by atoms with Crippen LogP contribution < -0.4 is 0 Å². The first-order valence-electron chi connectivity index (χ1n) is 46.1. The second kappa shape index (κ2) is 30.5. The van der Waals surface area contributed by atoms with E-state index in [0.717, 1.165) is 33.5 Å². The first-order chi connectivity index (χ1) is 65.0. The van der Waals surface area contributed by atoms with Gasteiger partial charge in [0.1, 0.15) is 33.5 Å². The van der Waals surface area contributed by atoms with Crippen molar-refractivity contribution in [1.29, 1.82) is 0 Å². The van der Waals surface area contributed by atoms with Gasteiger partial charge in [0.05, 0.1) is 16.2 Å². The molecule has 0 aliphatic heterocycles. The molecule has 6 aliphatic rings. The van der Waals surface area contributed by atoms with E-state index in [-0.39, 0.29) is 16.2 Å². The van der Waals surface area contributed by atoms with Crippen LogP contribution in [0.3, 0.4) is 0 Å². The number of benzene rings is 21. The predicted molar refractivity (Wildman–Crippen MR) is 550 cm³/mol. The summed E-state index contributed by atoms with van der Waals surface area (Å²) in [6.07, 6.45) is 0. The van der Waals surface area contributed by atoms with Gasteiger partial charge >= 0.3 is 0 Å². The Hall–Kier alpha value is -16.2. The minimum atomic E-state index is -0.189. The third kappa shape index (κ3) is 11.5. The first-order valence-corrected chi connectivity index (χ1v) is 46.1. The summed E-state index contributed by atoms with van der Waals surface area (Å²) in [5.74, 6) is 0. The van der Waals surface area contributed by atoms with E-state index < -0.39 is 0 Å². The summed E-state index contributed by atoms with van der Waals surface area (Å²) in [7, 11) is 0. The Labute approximate surface area is 767 Å². The summed E-state index contributed by atoms with van der Waals surface area (Å²) < 4.78 is 17.9. The Morgan fingerprint density at radius 2 is 0.500 bits per heavy atom. The minimum Gasteiger partial charge on any atom is -0.456 e. The minimum absolute atomic E-state index is 0.188. The largest absolute Gasteiger partial charge is 0.456 e. The number of hydrogen-bond acceptors (Lipinski definition) is 3. The average molecular weight is 1690 g/mol. The zero-order valence-electron chi connectivity index (χ0n) is 74.3. The molecular weight excluding hydrogens is 1600 g/mol. The highest BCUT2D eigenvalue weighted by atomic mass is 16.3. The molecule has 0 fully saturated rings. The van der Waals surface area contributed by atoms with E-state index in [0.29, 0.717) is 0 Å². The van der Waals surface area contributed by atoms with Crippen molar-refractivity contribution in [3.8, 4) is 66.8 Å². The molecular formula is C129H90O3. The van der Waals surface area contributed by atoms with Gasteiger partial charge in [-0.15, -0.1) is 0 Å². The molecule has 3 aromatic heterocycles. The van der Waals surface area contributed by atoms with Crippen molar-refractivity contribution in [3.63, 3.8) is 0 Å². The number of hydrogen-bond donors (Lipinski definition) is 0. The molecule has 0 amide bonds. The van der Waals surface area contributed by atoms with E-state index in [1.54, 1.807) is 0 Å². The van der Waals surface area contributed by atoms with Crippen molar-refractivity contribution in [2.75, 3.05) is 0 Å². The van der Waals surface area contributed by atoms with Crippen molar-refractivity contribution in [1.82, 2.24) is 0 Å². The molecule has 0 N–H and O–H groups in total. The molecule has 21 aromatic carbocycles. The lowest BCUT2D eigenvalue weighted by molar-refractivity contribution is 0.668. The van der Waals surface area contributed by atoms with Gasteiger partial charge in [-0.3, -0.25) is 0 Å². The topological polar surface area (TPSA) is 39.4 Å². The monoisotopic (exact) mass is 1690 g/mol. The number of furan rings is 3. The van der Waals surface area contributed by atoms with Gasteiger partial charge in [0, 0.05) is 37.7 Å². The van der Waals surface area contributed by atoms with Crippen LogP contribution in [0.1, 0.15) is 100 Å². The summed E-state index contributed by atoms with van der Waals surface area (Å²) in [5, 5.41) is 14.8. The Kier molecular flexibility index (Phi) is 18.0. The maximum absolute atomic E-state index is 6.05. The van der Waals surface area contributed by atoms with Crippen LogP contribution in [-0.2, 0) is 16.2 Å². The number of fused-ring (bicyclic) bond motifs is 45. The van der Waals surface area contributed by atoms with E-state index in [9.17, 15) is 0 Å². The first kappa shape index (κ1) is 78.1. The molecule has 0 unspecified atom stereocenters. The second-order valence-corrected chi connectivity index (χ2v) is 36.5. The molecule has 3 spiro atoms. The average Bonchev–Trinajstić information content (AvgIpc) is 1.52. The zero-order valence-corrected chi connectivity index (χ0v) is 74.3. The van der Waals surface area contributed by atoms with E-state index in [4.69, 9.17) is 13.3 Å². The van der Waals surface area contributed by atoms with Crippen molar-refractivity contribution in [2.45, 2.75) is 57.8 Å². The quantitative estimate of drug-likeness (QED) is 0.152. The number of aryl methyl sites for hydroxylation is 6. The smallest absolute Gasteiger partial charge is 0.143 e. The van der Waals surface area contributed by atoms with Crippen LogP contribution in [-0.4, -0.2) is 0 Å². The van der Waals surface area contributed by atoms with Crippen LogP contribution in [0, 0.1) is 41.5 Å². The van der Waals surface area contributed by atoms with Gasteiger partial charge in [-0.05, 0) is 261 Å². The molecule has 0 bridgehead atoms. The lowest BCUT2D eigenvalue weighted by Crippen LogP contribution is -2.25. The summed E-state index contributed by atoms with van der Waals surface area (Å²) in [6.45, 7) is 12.9. The fourth-order valence-corrected chi connectivity index (χ4v) is 23.8. The van der Waals surface area contributed by atoms with Gasteiger partial charge in [-0.25, -0.2) is 0 Å². The maximum atomic E-state index is 6.05. The standard InChI is InChI=1S/3C26H18.3C17H12O/c1-17-9-8-16-24-25(17)20-12-4-7-15-23(20)26(24)21-13-5-2-10-18(21)19-11-3-6-14-22(19)26;1-17-14-15-25-21(16-17)20-10-4-7-13-24(20)26(25)22-11-5-2-8-18(22)19-9-3-6-12-23(19)26;1-17-14-15-21-20-10-4-7-13-24(20)26(25(21)16-17)22-11-5-2-8-18(22)19-9-3-6-12-23(19)26;1-11-10-16-17(13-7-3-2-6-12(11)13)14-8-4-5-9-15(14)18-16;1-11-6-8-14-16(10-11)18-15-9-7-12-4-2-3-5-13(12)17(14)15;1-11-6-8-14-15-9-7-12-4-2-3-5-13(12)17(15)18-16(14)10-11/h3*2-16H,1H3;3*2-10H,1H3. The van der Waals surface area contributed by atoms with E-state index in [1.165, 1.54) is 232 Å². The van der Waals surface area contributed by atoms with Gasteiger partial charge in [0.15, 0.2) is 0 Å². The molecule has 0 radical (unpaired) electrons.